The molecule has 1 N–H and O–H groups in total. The summed E-state index contributed by atoms with van der Waals surface area (Å²) in [4.78, 5) is 30.3. The van der Waals surface area contributed by atoms with Gasteiger partial charge in [-0.05, 0) is 67.2 Å². The topological polar surface area (TPSA) is 59.7 Å². The van der Waals surface area contributed by atoms with Crippen molar-refractivity contribution in [3.05, 3.63) is 69.8 Å². The molecule has 1 aliphatic rings. The number of amides is 1. The van der Waals surface area contributed by atoms with E-state index in [2.05, 4.69) is 9.88 Å². The van der Waals surface area contributed by atoms with Gasteiger partial charge in [0.15, 0.2) is 0 Å². The van der Waals surface area contributed by atoms with Gasteiger partial charge >= 0.3 is 0 Å². The number of nitrogens with one attached hydrogen (secondary N) is 1. The highest BCUT2D eigenvalue weighted by atomic mass is 19.1. The zero-order chi connectivity index (χ0) is 21.4. The van der Waals surface area contributed by atoms with Gasteiger partial charge in [0.2, 0.25) is 0 Å². The fraction of sp³-hybridized carbons (Fsp3) is 0.304. The van der Waals surface area contributed by atoms with Crippen LogP contribution in [-0.2, 0) is 0 Å². The summed E-state index contributed by atoms with van der Waals surface area (Å²) in [6, 6.07) is 11.7. The maximum atomic E-state index is 13.6. The number of rotatable bonds is 3. The Morgan fingerprint density at radius 1 is 1.10 bits per heavy atom. The van der Waals surface area contributed by atoms with E-state index in [0.29, 0.717) is 27.6 Å². The standard InChI is InChI=1S/C23H25FN4O2/c1-15-11-18(24)12-20-19(15)13-21(25-22(20)29)16-5-7-17(8-6-16)23(30)27(3)28-10-4-9-26(2)14-28/h5-8,11-13H,4,9-10,14H2,1-3H3,(H,25,29). The van der Waals surface area contributed by atoms with E-state index in [-0.39, 0.29) is 11.5 Å². The van der Waals surface area contributed by atoms with Gasteiger partial charge in [-0.3, -0.25) is 19.5 Å². The monoisotopic (exact) mass is 408 g/mol. The molecule has 0 atom stereocenters. The van der Waals surface area contributed by atoms with Crippen LogP contribution in [0.2, 0.25) is 0 Å². The second-order valence-electron chi connectivity index (χ2n) is 7.91. The van der Waals surface area contributed by atoms with Crippen molar-refractivity contribution in [3.8, 4) is 11.3 Å². The Bertz CT molecular complexity index is 1160. The first-order valence-corrected chi connectivity index (χ1v) is 9.98. The molecule has 1 aromatic heterocycles. The SMILES string of the molecule is Cc1cc(F)cc2c(=O)[nH]c(-c3ccc(C(=O)N(C)N4CCCN(C)C4)cc3)cc12. The van der Waals surface area contributed by atoms with E-state index in [9.17, 15) is 14.0 Å². The molecular weight excluding hydrogens is 383 g/mol. The van der Waals surface area contributed by atoms with Crippen LogP contribution in [0, 0.1) is 12.7 Å². The van der Waals surface area contributed by atoms with Crippen LogP contribution in [0.25, 0.3) is 22.0 Å². The van der Waals surface area contributed by atoms with Crippen molar-refractivity contribution >= 4 is 16.7 Å². The molecular formula is C23H25FN4O2. The first kappa shape index (κ1) is 20.3. The number of hydrogen-bond donors (Lipinski definition) is 1. The fourth-order valence-corrected chi connectivity index (χ4v) is 3.96. The highest BCUT2D eigenvalue weighted by Gasteiger charge is 2.22. The van der Waals surface area contributed by atoms with E-state index >= 15 is 0 Å². The molecule has 0 saturated carbocycles. The molecule has 2 aromatic carbocycles. The zero-order valence-electron chi connectivity index (χ0n) is 17.4. The molecule has 0 radical (unpaired) electrons. The van der Waals surface area contributed by atoms with Crippen molar-refractivity contribution in [1.82, 2.24) is 19.9 Å². The molecule has 0 bridgehead atoms. The van der Waals surface area contributed by atoms with Gasteiger partial charge in [-0.15, -0.1) is 0 Å². The van der Waals surface area contributed by atoms with Crippen LogP contribution >= 0.6 is 0 Å². The highest BCUT2D eigenvalue weighted by Crippen LogP contribution is 2.24. The summed E-state index contributed by atoms with van der Waals surface area (Å²) in [5.74, 6) is -0.500. The lowest BCUT2D eigenvalue weighted by molar-refractivity contribution is -0.0429. The third kappa shape index (κ3) is 3.86. The van der Waals surface area contributed by atoms with Gasteiger partial charge in [0.25, 0.3) is 11.5 Å². The number of aromatic nitrogens is 1. The second kappa shape index (κ2) is 8.01. The lowest BCUT2D eigenvalue weighted by Gasteiger charge is -2.38. The van der Waals surface area contributed by atoms with Crippen LogP contribution in [-0.4, -0.2) is 59.7 Å². The number of H-pyrrole nitrogens is 1. The van der Waals surface area contributed by atoms with Crippen molar-refractivity contribution in [2.45, 2.75) is 13.3 Å². The van der Waals surface area contributed by atoms with Crippen LogP contribution in [0.5, 0.6) is 0 Å². The number of benzene rings is 2. The first-order valence-electron chi connectivity index (χ1n) is 9.98. The third-order valence-corrected chi connectivity index (χ3v) is 5.65. The summed E-state index contributed by atoms with van der Waals surface area (Å²) >= 11 is 0. The maximum Gasteiger partial charge on any atom is 0.267 e. The van der Waals surface area contributed by atoms with Crippen LogP contribution in [0.15, 0.2) is 47.3 Å². The summed E-state index contributed by atoms with van der Waals surface area (Å²) in [6.45, 7) is 4.38. The molecule has 1 aliphatic heterocycles. The number of hydrogen-bond acceptors (Lipinski definition) is 4. The maximum absolute atomic E-state index is 13.6. The molecule has 0 spiro atoms. The van der Waals surface area contributed by atoms with E-state index in [0.717, 1.165) is 31.7 Å². The number of aromatic amines is 1. The van der Waals surface area contributed by atoms with Crippen LogP contribution < -0.4 is 5.56 Å². The Labute approximate surface area is 174 Å². The number of hydrazine groups is 1. The predicted molar refractivity (Wildman–Crippen MR) is 116 cm³/mol. The minimum Gasteiger partial charge on any atom is -0.321 e. The number of pyridine rings is 1. The quantitative estimate of drug-likeness (QED) is 0.723. The molecule has 1 fully saturated rings. The largest absolute Gasteiger partial charge is 0.321 e. The third-order valence-electron chi connectivity index (χ3n) is 5.65. The molecule has 0 aliphatic carbocycles. The summed E-state index contributed by atoms with van der Waals surface area (Å²) in [6.07, 6.45) is 1.02. The highest BCUT2D eigenvalue weighted by molar-refractivity contribution is 5.94. The number of fused-ring (bicyclic) bond motifs is 1. The molecule has 1 amide bonds. The average Bonchev–Trinajstić information content (AvgIpc) is 2.73. The number of carbonyl (C=O) groups excluding carboxylic acids is 1. The number of nitrogens with zero attached hydrogens (tertiary/aromatic N) is 3. The normalized spacial score (nSPS) is 15.5. The van der Waals surface area contributed by atoms with Crippen molar-refractivity contribution in [1.29, 1.82) is 0 Å². The van der Waals surface area contributed by atoms with Gasteiger partial charge < -0.3 is 4.98 Å². The van der Waals surface area contributed by atoms with Crippen molar-refractivity contribution in [2.75, 3.05) is 33.9 Å². The smallest absolute Gasteiger partial charge is 0.267 e. The summed E-state index contributed by atoms with van der Waals surface area (Å²) in [5.41, 5.74) is 2.37. The Balaban J connectivity index is 1.60. The predicted octanol–water partition coefficient (Wildman–Crippen LogP) is 3.22. The van der Waals surface area contributed by atoms with Crippen LogP contribution in [0.4, 0.5) is 4.39 Å². The summed E-state index contributed by atoms with van der Waals surface area (Å²) in [5, 5.41) is 4.74. The van der Waals surface area contributed by atoms with Crippen molar-refractivity contribution in [2.24, 2.45) is 0 Å². The van der Waals surface area contributed by atoms with Crippen LogP contribution in [0.1, 0.15) is 22.3 Å². The van der Waals surface area contributed by atoms with Gasteiger partial charge in [0.05, 0.1) is 12.1 Å². The number of aryl methyl sites for hydroxylation is 1. The Kier molecular flexibility index (Phi) is 5.40. The molecule has 0 unspecified atom stereocenters. The number of halogens is 1. The van der Waals surface area contributed by atoms with E-state index in [1.807, 2.05) is 30.3 Å². The molecule has 3 aromatic rings. The van der Waals surface area contributed by atoms with Crippen molar-refractivity contribution in [3.63, 3.8) is 0 Å². The molecule has 4 rings (SSSR count). The molecule has 2 heterocycles. The van der Waals surface area contributed by atoms with E-state index in [1.165, 1.54) is 12.1 Å². The average molecular weight is 408 g/mol. The lowest BCUT2D eigenvalue weighted by Crippen LogP contribution is -2.52. The lowest BCUT2D eigenvalue weighted by atomic mass is 10.0. The van der Waals surface area contributed by atoms with E-state index in [1.54, 1.807) is 31.1 Å². The molecule has 7 heteroatoms. The summed E-state index contributed by atoms with van der Waals surface area (Å²) in [7, 11) is 3.83. The summed E-state index contributed by atoms with van der Waals surface area (Å²) < 4.78 is 13.6. The first-order chi connectivity index (χ1) is 14.3. The second-order valence-corrected chi connectivity index (χ2v) is 7.91. The Hall–Kier alpha value is -3.03. The minimum atomic E-state index is -0.426. The van der Waals surface area contributed by atoms with Crippen molar-refractivity contribution < 1.29 is 9.18 Å². The van der Waals surface area contributed by atoms with E-state index < -0.39 is 5.82 Å². The van der Waals surface area contributed by atoms with Gasteiger partial charge in [-0.1, -0.05) is 12.1 Å². The van der Waals surface area contributed by atoms with Gasteiger partial charge in [0, 0.05) is 31.4 Å². The minimum absolute atomic E-state index is 0.0739. The zero-order valence-corrected chi connectivity index (χ0v) is 17.4. The van der Waals surface area contributed by atoms with E-state index in [4.69, 9.17) is 0 Å². The van der Waals surface area contributed by atoms with Gasteiger partial charge in [-0.25, -0.2) is 9.40 Å². The van der Waals surface area contributed by atoms with Gasteiger partial charge in [-0.2, -0.15) is 0 Å². The Morgan fingerprint density at radius 2 is 1.83 bits per heavy atom. The molecule has 6 nitrogen and oxygen atoms in total. The Morgan fingerprint density at radius 3 is 2.53 bits per heavy atom. The van der Waals surface area contributed by atoms with Gasteiger partial charge in [0.1, 0.15) is 5.82 Å². The molecule has 30 heavy (non-hydrogen) atoms. The molecule has 156 valence electrons. The fourth-order valence-electron chi connectivity index (χ4n) is 3.96. The molecule has 1 saturated heterocycles. The number of carbonyl (C=O) groups is 1. The van der Waals surface area contributed by atoms with Crippen LogP contribution in [0.3, 0.4) is 0 Å².